The van der Waals surface area contributed by atoms with Crippen LogP contribution >= 0.6 is 0 Å². The topological polar surface area (TPSA) is 122 Å². The van der Waals surface area contributed by atoms with Gasteiger partial charge in [0.15, 0.2) is 0 Å². The van der Waals surface area contributed by atoms with Crippen LogP contribution in [0.2, 0.25) is 0 Å². The van der Waals surface area contributed by atoms with Crippen molar-refractivity contribution in [3.05, 3.63) is 78.9 Å². The Labute approximate surface area is 195 Å². The first-order valence-corrected chi connectivity index (χ1v) is 12.1. The van der Waals surface area contributed by atoms with E-state index < -0.39 is 16.8 Å². The molecule has 0 saturated carbocycles. The first-order valence-electron chi connectivity index (χ1n) is 10.3. The third-order valence-electron chi connectivity index (χ3n) is 5.46. The number of anilines is 1. The van der Waals surface area contributed by atoms with Crippen LogP contribution < -0.4 is 9.78 Å². The molecule has 1 aliphatic heterocycles. The Balaban J connectivity index is 1.41. The summed E-state index contributed by atoms with van der Waals surface area (Å²) in [4.78, 5) is 25.5. The van der Waals surface area contributed by atoms with Gasteiger partial charge in [-0.25, -0.2) is 0 Å². The van der Waals surface area contributed by atoms with Crippen LogP contribution in [-0.2, 0) is 4.74 Å². The average molecular weight is 510 g/mol. The zero-order valence-corrected chi connectivity index (χ0v) is 19.1. The molecule has 1 aliphatic rings. The number of rotatable bonds is 6. The van der Waals surface area contributed by atoms with Gasteiger partial charge in [0.1, 0.15) is 0 Å². The van der Waals surface area contributed by atoms with Crippen LogP contribution in [0.4, 0.5) is 5.82 Å². The van der Waals surface area contributed by atoms with Gasteiger partial charge in [-0.15, -0.1) is 0 Å². The minimum absolute atomic E-state index is 0.274. The molecule has 5 rings (SSSR count). The summed E-state index contributed by atoms with van der Waals surface area (Å²) in [6.45, 7) is -0.306. The van der Waals surface area contributed by atoms with E-state index in [0.29, 0.717) is 16.7 Å². The molecule has 3 atom stereocenters. The number of carbonyl (C=O) groups is 1. The van der Waals surface area contributed by atoms with E-state index in [1.54, 1.807) is 35.2 Å². The van der Waals surface area contributed by atoms with Gasteiger partial charge >= 0.3 is 190 Å². The maximum atomic E-state index is 12.6. The Morgan fingerprint density at radius 2 is 1.85 bits per heavy atom. The molecule has 2 aromatic carbocycles. The second kappa shape index (κ2) is 9.01. The number of carbonyl (C=O) groups excluding carboxylic acids is 1. The van der Waals surface area contributed by atoms with Crippen molar-refractivity contribution in [1.82, 2.24) is 19.5 Å². The van der Waals surface area contributed by atoms with E-state index in [1.165, 1.54) is 6.33 Å². The maximum absolute atomic E-state index is 12.6. The van der Waals surface area contributed by atoms with Crippen molar-refractivity contribution in [2.75, 3.05) is 11.9 Å². The summed E-state index contributed by atoms with van der Waals surface area (Å²) in [7, 11) is 0. The number of imidazole rings is 1. The van der Waals surface area contributed by atoms with Crippen molar-refractivity contribution in [1.29, 1.82) is 0 Å². The molecule has 1 amide bonds. The van der Waals surface area contributed by atoms with Crippen molar-refractivity contribution in [2.24, 2.45) is 0 Å². The summed E-state index contributed by atoms with van der Waals surface area (Å²) >= 11 is -0.322. The number of aromatic nitrogens is 4. The quantitative estimate of drug-likeness (QED) is 0.332. The monoisotopic (exact) mass is 511 g/mol. The number of fused-ring (bicyclic) bond motifs is 1. The molecule has 4 aromatic rings. The molecule has 1 saturated heterocycles. The second-order valence-electron chi connectivity index (χ2n) is 7.58. The van der Waals surface area contributed by atoms with Crippen molar-refractivity contribution in [2.45, 2.75) is 23.3 Å². The summed E-state index contributed by atoms with van der Waals surface area (Å²) in [6.07, 6.45) is 1.74. The van der Waals surface area contributed by atoms with E-state index in [4.69, 9.17) is 4.74 Å². The SMILES string of the molecule is O=C(Nc1ncnc2c1ncn2[C@H]1C[C@H](O)[C@@](CO)([Se]c2ccccc2)O1)c1ccccc1. The van der Waals surface area contributed by atoms with Crippen molar-refractivity contribution < 1.29 is 19.7 Å². The van der Waals surface area contributed by atoms with E-state index in [1.807, 2.05) is 36.4 Å². The number of ether oxygens (including phenoxy) is 1. The van der Waals surface area contributed by atoms with Crippen molar-refractivity contribution in [3.63, 3.8) is 0 Å². The van der Waals surface area contributed by atoms with Crippen molar-refractivity contribution in [3.8, 4) is 0 Å². The van der Waals surface area contributed by atoms with Crippen LogP contribution in [0.3, 0.4) is 0 Å². The number of nitrogens with one attached hydrogen (secondary N) is 1. The van der Waals surface area contributed by atoms with Gasteiger partial charge in [-0.1, -0.05) is 6.07 Å². The molecule has 10 heteroatoms. The summed E-state index contributed by atoms with van der Waals surface area (Å²) in [6, 6.07) is 18.5. The molecule has 0 aliphatic carbocycles. The summed E-state index contributed by atoms with van der Waals surface area (Å²) in [5, 5.41) is 23.8. The van der Waals surface area contributed by atoms with Crippen LogP contribution in [0, 0.1) is 0 Å². The molecule has 0 spiro atoms. The van der Waals surface area contributed by atoms with Crippen LogP contribution in [0.1, 0.15) is 23.0 Å². The van der Waals surface area contributed by atoms with Gasteiger partial charge in [0.05, 0.1) is 0 Å². The van der Waals surface area contributed by atoms with Crippen LogP contribution in [0.5, 0.6) is 0 Å². The van der Waals surface area contributed by atoms with Gasteiger partial charge in [0.25, 0.3) is 0 Å². The molecule has 0 bridgehead atoms. The van der Waals surface area contributed by atoms with Crippen LogP contribution in [-0.4, -0.2) is 67.8 Å². The fourth-order valence-corrected chi connectivity index (χ4v) is 6.19. The zero-order chi connectivity index (χ0) is 22.8. The molecule has 2 aromatic heterocycles. The van der Waals surface area contributed by atoms with Gasteiger partial charge < -0.3 is 0 Å². The standard InChI is InChI=1S/C23H21N5O4Se/c29-12-23(33-16-9-5-2-6-10-16)17(30)11-18(32-23)28-14-26-19-20(24-13-25-21(19)28)27-22(31)15-7-3-1-4-8-15/h1-10,13-14,17-18,29-30H,11-12H2,(H,24,25,27,31)/t17-,18+,23+/m0/s1. The van der Waals surface area contributed by atoms with Crippen LogP contribution in [0.25, 0.3) is 11.2 Å². The summed E-state index contributed by atoms with van der Waals surface area (Å²) in [5.41, 5.74) is 1.38. The normalized spacial score (nSPS) is 22.5. The molecule has 0 unspecified atom stereocenters. The van der Waals surface area contributed by atoms with E-state index in [-0.39, 0.29) is 39.7 Å². The molecule has 1 fully saturated rings. The number of aliphatic hydroxyl groups is 2. The van der Waals surface area contributed by atoms with E-state index >= 15 is 0 Å². The average Bonchev–Trinajstić information content (AvgIpc) is 3.42. The van der Waals surface area contributed by atoms with E-state index in [9.17, 15) is 15.0 Å². The number of benzene rings is 2. The van der Waals surface area contributed by atoms with Gasteiger partial charge in [-0.3, -0.25) is 0 Å². The van der Waals surface area contributed by atoms with Gasteiger partial charge in [-0.2, -0.15) is 0 Å². The van der Waals surface area contributed by atoms with Gasteiger partial charge in [0.2, 0.25) is 0 Å². The predicted molar refractivity (Wildman–Crippen MR) is 122 cm³/mol. The third kappa shape index (κ3) is 4.15. The first kappa shape index (κ1) is 21.7. The minimum atomic E-state index is -1.08. The van der Waals surface area contributed by atoms with Crippen LogP contribution in [0.15, 0.2) is 73.3 Å². The second-order valence-corrected chi connectivity index (χ2v) is 10.4. The fourth-order valence-electron chi connectivity index (χ4n) is 3.78. The zero-order valence-electron chi connectivity index (χ0n) is 17.4. The van der Waals surface area contributed by atoms with Gasteiger partial charge in [0, 0.05) is 0 Å². The Morgan fingerprint density at radius 3 is 2.58 bits per heavy atom. The molecular formula is C23H21N5O4Se. The molecule has 3 heterocycles. The molecule has 0 radical (unpaired) electrons. The Bertz CT molecular complexity index is 1270. The number of aliphatic hydroxyl groups excluding tert-OH is 2. The number of hydrogen-bond acceptors (Lipinski definition) is 7. The number of hydrogen-bond donors (Lipinski definition) is 3. The van der Waals surface area contributed by atoms with E-state index in [2.05, 4.69) is 20.3 Å². The van der Waals surface area contributed by atoms with Crippen molar-refractivity contribution >= 4 is 42.3 Å². The molecular weight excluding hydrogens is 489 g/mol. The molecule has 3 N–H and O–H groups in total. The third-order valence-corrected chi connectivity index (χ3v) is 8.29. The fraction of sp³-hybridized carbons (Fsp3) is 0.217. The Morgan fingerprint density at radius 1 is 1.12 bits per heavy atom. The summed E-state index contributed by atoms with van der Waals surface area (Å²) < 4.78 is 7.91. The predicted octanol–water partition coefficient (Wildman–Crippen LogP) is 1.08. The Hall–Kier alpha value is -3.14. The number of nitrogens with zero attached hydrogens (tertiary/aromatic N) is 4. The number of amides is 1. The first-order chi connectivity index (χ1) is 16.1. The van der Waals surface area contributed by atoms with Gasteiger partial charge in [-0.05, 0) is 0 Å². The molecule has 9 nitrogen and oxygen atoms in total. The molecule has 33 heavy (non-hydrogen) atoms. The van der Waals surface area contributed by atoms with E-state index in [0.717, 1.165) is 4.46 Å². The Kier molecular flexibility index (Phi) is 5.92. The summed E-state index contributed by atoms with van der Waals surface area (Å²) in [5.74, 6) is -0.0179. The molecule has 168 valence electrons.